The van der Waals surface area contributed by atoms with Crippen LogP contribution in [-0.4, -0.2) is 15.5 Å². The molecule has 5 nitrogen and oxygen atoms in total. The zero-order valence-electron chi connectivity index (χ0n) is 13.3. The van der Waals surface area contributed by atoms with Gasteiger partial charge in [0, 0.05) is 12.0 Å². The largest absolute Gasteiger partial charge is 0.494 e. The van der Waals surface area contributed by atoms with Gasteiger partial charge < -0.3 is 5.11 Å². The molecule has 1 fully saturated rings. The summed E-state index contributed by atoms with van der Waals surface area (Å²) in [4.78, 5) is 25.0. The number of Topliss-reactive ketones (excluding diaryl/α,β-unsaturated/α-hetero) is 1. The molecule has 0 aromatic carbocycles. The van der Waals surface area contributed by atoms with E-state index in [-0.39, 0.29) is 40.3 Å². The van der Waals surface area contributed by atoms with Gasteiger partial charge >= 0.3 is 0 Å². The first-order valence-corrected chi connectivity index (χ1v) is 7.82. The number of nitrogens with zero attached hydrogens (tertiary/aromatic N) is 2. The Labute approximate surface area is 130 Å². The van der Waals surface area contributed by atoms with Crippen LogP contribution in [0.1, 0.15) is 73.5 Å². The summed E-state index contributed by atoms with van der Waals surface area (Å²) in [6.07, 6.45) is 4.66. The van der Waals surface area contributed by atoms with Gasteiger partial charge in [-0.15, -0.1) is 0 Å². The lowest BCUT2D eigenvalue weighted by molar-refractivity contribution is 0.0933. The third-order valence-electron chi connectivity index (χ3n) is 4.46. The Balaban J connectivity index is 2.73. The standard InChI is InChI=1S/C17H22N2O3/c1-10(2)15(20)14-11(3)13(9-18)16(21)19(17(14)22)12-7-5-4-6-8-12/h10,12,22H,4-8H2,1-3H3. The highest BCUT2D eigenvalue weighted by Crippen LogP contribution is 2.33. The molecular weight excluding hydrogens is 280 g/mol. The van der Waals surface area contributed by atoms with E-state index < -0.39 is 5.56 Å². The molecule has 0 atom stereocenters. The van der Waals surface area contributed by atoms with Crippen molar-refractivity contribution in [1.29, 1.82) is 5.26 Å². The highest BCUT2D eigenvalue weighted by Gasteiger charge is 2.28. The average Bonchev–Trinajstić information content (AvgIpc) is 2.48. The molecule has 1 N–H and O–H groups in total. The van der Waals surface area contributed by atoms with Crippen molar-refractivity contribution in [1.82, 2.24) is 4.57 Å². The van der Waals surface area contributed by atoms with Crippen molar-refractivity contribution in [3.8, 4) is 11.9 Å². The van der Waals surface area contributed by atoms with Gasteiger partial charge in [-0.1, -0.05) is 33.1 Å². The Morgan fingerprint density at radius 2 is 1.91 bits per heavy atom. The number of pyridine rings is 1. The molecule has 0 radical (unpaired) electrons. The van der Waals surface area contributed by atoms with E-state index in [0.29, 0.717) is 0 Å². The fourth-order valence-electron chi connectivity index (χ4n) is 3.18. The van der Waals surface area contributed by atoms with E-state index in [9.17, 15) is 20.0 Å². The van der Waals surface area contributed by atoms with Crippen LogP contribution in [0.4, 0.5) is 0 Å². The molecule has 0 saturated heterocycles. The van der Waals surface area contributed by atoms with Crippen LogP contribution in [0.25, 0.3) is 0 Å². The summed E-state index contributed by atoms with van der Waals surface area (Å²) in [6.45, 7) is 5.03. The predicted molar refractivity (Wildman–Crippen MR) is 83.1 cm³/mol. The number of nitriles is 1. The highest BCUT2D eigenvalue weighted by atomic mass is 16.3. The molecule has 0 bridgehead atoms. The first-order valence-electron chi connectivity index (χ1n) is 7.82. The van der Waals surface area contributed by atoms with Crippen LogP contribution in [0.2, 0.25) is 0 Å². The molecule has 0 amide bonds. The van der Waals surface area contributed by atoms with Crippen LogP contribution >= 0.6 is 0 Å². The maximum absolute atomic E-state index is 12.6. The van der Waals surface area contributed by atoms with Crippen molar-refractivity contribution in [2.75, 3.05) is 0 Å². The Hall–Kier alpha value is -2.09. The summed E-state index contributed by atoms with van der Waals surface area (Å²) in [5.74, 6) is -0.823. The minimum atomic E-state index is -0.482. The van der Waals surface area contributed by atoms with E-state index in [2.05, 4.69) is 0 Å². The lowest BCUT2D eigenvalue weighted by Crippen LogP contribution is -2.31. The van der Waals surface area contributed by atoms with E-state index >= 15 is 0 Å². The second kappa shape index (κ2) is 6.35. The molecule has 0 aliphatic heterocycles. The van der Waals surface area contributed by atoms with Crippen LogP contribution in [0.5, 0.6) is 5.88 Å². The number of aromatic nitrogens is 1. The van der Waals surface area contributed by atoms with Gasteiger partial charge in [0.25, 0.3) is 5.56 Å². The second-order valence-corrected chi connectivity index (χ2v) is 6.30. The summed E-state index contributed by atoms with van der Waals surface area (Å²) in [7, 11) is 0. The van der Waals surface area contributed by atoms with Crippen LogP contribution in [0.15, 0.2) is 4.79 Å². The summed E-state index contributed by atoms with van der Waals surface area (Å²) >= 11 is 0. The number of carbonyl (C=O) groups is 1. The highest BCUT2D eigenvalue weighted by molar-refractivity contribution is 6.01. The van der Waals surface area contributed by atoms with E-state index in [1.807, 2.05) is 6.07 Å². The first-order chi connectivity index (χ1) is 10.4. The molecule has 0 spiro atoms. The van der Waals surface area contributed by atoms with Gasteiger partial charge in [-0.3, -0.25) is 14.2 Å². The molecule has 0 unspecified atom stereocenters. The number of aromatic hydroxyl groups is 1. The van der Waals surface area contributed by atoms with Gasteiger partial charge in [0.1, 0.15) is 11.6 Å². The summed E-state index contributed by atoms with van der Waals surface area (Å²) in [5.41, 5.74) is -0.107. The molecule has 22 heavy (non-hydrogen) atoms. The molecule has 118 valence electrons. The predicted octanol–water partition coefficient (Wildman–Crippen LogP) is 3.08. The number of hydrogen-bond acceptors (Lipinski definition) is 4. The van der Waals surface area contributed by atoms with Gasteiger partial charge in [0.2, 0.25) is 5.88 Å². The van der Waals surface area contributed by atoms with Gasteiger partial charge in [-0.2, -0.15) is 5.26 Å². The van der Waals surface area contributed by atoms with Crippen LogP contribution < -0.4 is 5.56 Å². The monoisotopic (exact) mass is 302 g/mol. The third-order valence-corrected chi connectivity index (χ3v) is 4.46. The zero-order chi connectivity index (χ0) is 16.4. The normalized spacial score (nSPS) is 15.8. The number of rotatable bonds is 3. The molecule has 5 heteroatoms. The van der Waals surface area contributed by atoms with E-state index in [4.69, 9.17) is 0 Å². The Bertz CT molecular complexity index is 689. The van der Waals surface area contributed by atoms with Gasteiger partial charge in [-0.05, 0) is 25.3 Å². The lowest BCUT2D eigenvalue weighted by atomic mass is 9.92. The van der Waals surface area contributed by atoms with Crippen molar-refractivity contribution in [3.63, 3.8) is 0 Å². The smallest absolute Gasteiger partial charge is 0.271 e. The number of ketones is 1. The molecule has 1 aliphatic carbocycles. The third kappa shape index (κ3) is 2.66. The zero-order valence-corrected chi connectivity index (χ0v) is 13.3. The minimum Gasteiger partial charge on any atom is -0.494 e. The van der Waals surface area contributed by atoms with Crippen molar-refractivity contribution in [2.24, 2.45) is 5.92 Å². The van der Waals surface area contributed by atoms with E-state index in [0.717, 1.165) is 32.1 Å². The Morgan fingerprint density at radius 3 is 2.41 bits per heavy atom. The molecule has 1 aliphatic rings. The topological polar surface area (TPSA) is 83.1 Å². The van der Waals surface area contributed by atoms with Crippen LogP contribution in [0.3, 0.4) is 0 Å². The molecular formula is C17H22N2O3. The summed E-state index contributed by atoms with van der Waals surface area (Å²) < 4.78 is 1.28. The average molecular weight is 302 g/mol. The number of carbonyl (C=O) groups excluding carboxylic acids is 1. The van der Waals surface area contributed by atoms with Crippen molar-refractivity contribution >= 4 is 5.78 Å². The maximum Gasteiger partial charge on any atom is 0.271 e. The SMILES string of the molecule is Cc1c(C(=O)C(C)C)c(O)n(C2CCCCC2)c(=O)c1C#N. The molecule has 1 saturated carbocycles. The quantitative estimate of drug-likeness (QED) is 0.870. The molecule has 1 heterocycles. The Kier molecular flexibility index (Phi) is 4.70. The van der Waals surface area contributed by atoms with Gasteiger partial charge in [0.15, 0.2) is 5.78 Å². The fraction of sp³-hybridized carbons (Fsp3) is 0.588. The summed E-state index contributed by atoms with van der Waals surface area (Å²) in [6, 6.07) is 1.78. The lowest BCUT2D eigenvalue weighted by Gasteiger charge is -2.26. The molecule has 1 aromatic heterocycles. The fourth-order valence-corrected chi connectivity index (χ4v) is 3.18. The second-order valence-electron chi connectivity index (χ2n) is 6.30. The van der Waals surface area contributed by atoms with Gasteiger partial charge in [0.05, 0.1) is 5.56 Å². The van der Waals surface area contributed by atoms with Crippen molar-refractivity contribution < 1.29 is 9.90 Å². The van der Waals surface area contributed by atoms with Crippen molar-refractivity contribution in [2.45, 2.75) is 58.9 Å². The minimum absolute atomic E-state index is 0.0348. The molecule has 2 rings (SSSR count). The van der Waals surface area contributed by atoms with Crippen LogP contribution in [-0.2, 0) is 0 Å². The first kappa shape index (κ1) is 16.3. The summed E-state index contributed by atoms with van der Waals surface area (Å²) in [5, 5.41) is 19.9. The Morgan fingerprint density at radius 1 is 1.32 bits per heavy atom. The van der Waals surface area contributed by atoms with Crippen LogP contribution in [0, 0.1) is 24.2 Å². The number of hydrogen-bond donors (Lipinski definition) is 1. The molecule has 1 aromatic rings. The van der Waals surface area contributed by atoms with Crippen molar-refractivity contribution in [3.05, 3.63) is 27.0 Å². The van der Waals surface area contributed by atoms with E-state index in [1.54, 1.807) is 20.8 Å². The van der Waals surface area contributed by atoms with Gasteiger partial charge in [-0.25, -0.2) is 0 Å². The van der Waals surface area contributed by atoms with E-state index in [1.165, 1.54) is 4.57 Å². The maximum atomic E-state index is 12.6.